The molecule has 0 saturated heterocycles. The monoisotopic (exact) mass is 297 g/mol. The van der Waals surface area contributed by atoms with Gasteiger partial charge in [-0.05, 0) is 30.5 Å². The van der Waals surface area contributed by atoms with Crippen LogP contribution in [0.4, 0.5) is 0 Å². The van der Waals surface area contributed by atoms with Crippen molar-refractivity contribution in [3.05, 3.63) is 34.9 Å². The summed E-state index contributed by atoms with van der Waals surface area (Å²) in [5.74, 6) is -0.933. The number of esters is 1. The van der Waals surface area contributed by atoms with Crippen molar-refractivity contribution >= 4 is 23.5 Å². The molecule has 0 aliphatic heterocycles. The van der Waals surface area contributed by atoms with Gasteiger partial charge in [-0.15, -0.1) is 0 Å². The van der Waals surface area contributed by atoms with E-state index in [1.165, 1.54) is 7.11 Å². The summed E-state index contributed by atoms with van der Waals surface area (Å²) in [6.07, 6.45) is 1.42. The number of nitrogens with one attached hydrogen (secondary N) is 1. The Morgan fingerprint density at radius 3 is 2.45 bits per heavy atom. The third-order valence-corrected chi connectivity index (χ3v) is 3.81. The first-order chi connectivity index (χ1) is 9.53. The smallest absolute Gasteiger partial charge is 0.330 e. The number of methoxy groups -OCH3 is 1. The second kappa shape index (κ2) is 5.81. The van der Waals surface area contributed by atoms with Crippen LogP contribution >= 0.6 is 11.6 Å². The topological polar surface area (TPSA) is 75.6 Å². The Morgan fingerprint density at radius 2 is 2.00 bits per heavy atom. The number of ether oxygens (including phenoxy) is 1. The molecule has 1 fully saturated rings. The van der Waals surface area contributed by atoms with Gasteiger partial charge in [0.25, 0.3) is 0 Å². The van der Waals surface area contributed by atoms with Gasteiger partial charge in [-0.1, -0.05) is 23.7 Å². The molecule has 1 amide bonds. The van der Waals surface area contributed by atoms with Gasteiger partial charge in [-0.25, -0.2) is 4.79 Å². The van der Waals surface area contributed by atoms with Gasteiger partial charge in [0, 0.05) is 5.02 Å². The van der Waals surface area contributed by atoms with Crippen LogP contribution in [0, 0.1) is 0 Å². The first kappa shape index (κ1) is 14.8. The minimum absolute atomic E-state index is 0.274. The van der Waals surface area contributed by atoms with Crippen molar-refractivity contribution in [1.82, 2.24) is 5.32 Å². The summed E-state index contributed by atoms with van der Waals surface area (Å²) in [5.41, 5.74) is 0.243. The van der Waals surface area contributed by atoms with E-state index < -0.39 is 24.0 Å². The Bertz CT molecular complexity index is 510. The highest BCUT2D eigenvalue weighted by Gasteiger charge is 2.51. The van der Waals surface area contributed by atoms with Gasteiger partial charge < -0.3 is 15.2 Å². The van der Waals surface area contributed by atoms with E-state index >= 15 is 0 Å². The molecule has 1 aliphatic carbocycles. The second-order valence-corrected chi connectivity index (χ2v) is 5.26. The van der Waals surface area contributed by atoms with E-state index in [1.807, 2.05) is 0 Å². The molecule has 0 aromatic heterocycles. The van der Waals surface area contributed by atoms with Crippen LogP contribution in [0.25, 0.3) is 0 Å². The average Bonchev–Trinajstić information content (AvgIpc) is 3.26. The standard InChI is InChI=1S/C14H16ClNO4/c1-20-12(18)11(8-17)16-13(19)14(6-7-14)9-2-4-10(15)5-3-9/h2-5,11,17H,6-8H2,1H3,(H,16,19). The number of halogens is 1. The van der Waals surface area contributed by atoms with Crippen molar-refractivity contribution in [3.8, 4) is 0 Å². The second-order valence-electron chi connectivity index (χ2n) is 4.82. The van der Waals surface area contributed by atoms with Crippen LogP contribution in [-0.2, 0) is 19.7 Å². The number of carbonyl (C=O) groups excluding carboxylic acids is 2. The summed E-state index contributed by atoms with van der Waals surface area (Å²) in [6, 6.07) is 6.04. The van der Waals surface area contributed by atoms with Gasteiger partial charge in [0.15, 0.2) is 6.04 Å². The van der Waals surface area contributed by atoms with Crippen LogP contribution in [0.3, 0.4) is 0 Å². The molecule has 5 nitrogen and oxygen atoms in total. The predicted octanol–water partition coefficient (Wildman–Crippen LogP) is 1.02. The third kappa shape index (κ3) is 2.78. The molecule has 2 N–H and O–H groups in total. The molecule has 0 bridgehead atoms. The first-order valence-electron chi connectivity index (χ1n) is 6.29. The van der Waals surface area contributed by atoms with Crippen molar-refractivity contribution in [2.75, 3.05) is 13.7 Å². The summed E-state index contributed by atoms with van der Waals surface area (Å²) in [7, 11) is 1.21. The average molecular weight is 298 g/mol. The molecule has 20 heavy (non-hydrogen) atoms. The number of amides is 1. The molecule has 1 saturated carbocycles. The van der Waals surface area contributed by atoms with E-state index in [4.69, 9.17) is 16.7 Å². The van der Waals surface area contributed by atoms with E-state index in [0.29, 0.717) is 17.9 Å². The number of carbonyl (C=O) groups is 2. The summed E-state index contributed by atoms with van der Waals surface area (Å²) >= 11 is 5.83. The Kier molecular flexibility index (Phi) is 4.30. The molecule has 1 unspecified atom stereocenters. The maximum absolute atomic E-state index is 12.3. The van der Waals surface area contributed by atoms with Crippen molar-refractivity contribution < 1.29 is 19.4 Å². The lowest BCUT2D eigenvalue weighted by Gasteiger charge is -2.20. The number of rotatable bonds is 5. The zero-order valence-electron chi connectivity index (χ0n) is 11.1. The van der Waals surface area contributed by atoms with Crippen LogP contribution in [0.1, 0.15) is 18.4 Å². The van der Waals surface area contributed by atoms with Crippen molar-refractivity contribution in [1.29, 1.82) is 0 Å². The summed E-state index contributed by atoms with van der Waals surface area (Å²) in [5, 5.41) is 12.3. The number of benzene rings is 1. The lowest BCUT2D eigenvalue weighted by atomic mass is 9.94. The van der Waals surface area contributed by atoms with Gasteiger partial charge in [0.2, 0.25) is 5.91 Å². The molecule has 2 rings (SSSR count). The van der Waals surface area contributed by atoms with E-state index in [2.05, 4.69) is 10.1 Å². The minimum atomic E-state index is -1.03. The number of hydrogen-bond donors (Lipinski definition) is 2. The van der Waals surface area contributed by atoms with Gasteiger partial charge in [0.1, 0.15) is 0 Å². The summed E-state index contributed by atoms with van der Waals surface area (Å²) in [6.45, 7) is -0.491. The third-order valence-electron chi connectivity index (χ3n) is 3.56. The molecular formula is C14H16ClNO4. The van der Waals surface area contributed by atoms with Gasteiger partial charge >= 0.3 is 5.97 Å². The van der Waals surface area contributed by atoms with Crippen molar-refractivity contribution in [3.63, 3.8) is 0 Å². The molecule has 0 radical (unpaired) electrons. The Hall–Kier alpha value is -1.59. The fraction of sp³-hybridized carbons (Fsp3) is 0.429. The van der Waals surface area contributed by atoms with Crippen LogP contribution in [0.15, 0.2) is 24.3 Å². The van der Waals surface area contributed by atoms with E-state index in [9.17, 15) is 9.59 Å². The molecular weight excluding hydrogens is 282 g/mol. The van der Waals surface area contributed by atoms with Gasteiger partial charge in [0.05, 0.1) is 19.1 Å². The largest absolute Gasteiger partial charge is 0.467 e. The van der Waals surface area contributed by atoms with Gasteiger partial charge in [-0.2, -0.15) is 0 Å². The highest BCUT2D eigenvalue weighted by molar-refractivity contribution is 6.30. The molecule has 6 heteroatoms. The summed E-state index contributed by atoms with van der Waals surface area (Å²) < 4.78 is 4.53. The van der Waals surface area contributed by atoms with Crippen LogP contribution in [0.2, 0.25) is 5.02 Å². The minimum Gasteiger partial charge on any atom is -0.467 e. The van der Waals surface area contributed by atoms with Gasteiger partial charge in [-0.3, -0.25) is 4.79 Å². The van der Waals surface area contributed by atoms with E-state index in [0.717, 1.165) is 5.56 Å². The van der Waals surface area contributed by atoms with Crippen molar-refractivity contribution in [2.45, 2.75) is 24.3 Å². The maximum atomic E-state index is 12.3. The molecule has 1 aromatic carbocycles. The Morgan fingerprint density at radius 1 is 1.40 bits per heavy atom. The molecule has 0 heterocycles. The number of aliphatic hydroxyl groups is 1. The van der Waals surface area contributed by atoms with Crippen LogP contribution in [0.5, 0.6) is 0 Å². The molecule has 1 aromatic rings. The zero-order valence-corrected chi connectivity index (χ0v) is 11.8. The van der Waals surface area contributed by atoms with E-state index in [-0.39, 0.29) is 5.91 Å². The Balaban J connectivity index is 2.12. The lowest BCUT2D eigenvalue weighted by molar-refractivity contribution is -0.146. The summed E-state index contributed by atoms with van der Waals surface area (Å²) in [4.78, 5) is 23.7. The molecule has 108 valence electrons. The first-order valence-corrected chi connectivity index (χ1v) is 6.67. The SMILES string of the molecule is COC(=O)C(CO)NC(=O)C1(c2ccc(Cl)cc2)CC1. The number of aliphatic hydroxyl groups excluding tert-OH is 1. The predicted molar refractivity (Wildman–Crippen MR) is 73.4 cm³/mol. The fourth-order valence-electron chi connectivity index (χ4n) is 2.16. The van der Waals surface area contributed by atoms with E-state index in [1.54, 1.807) is 24.3 Å². The quantitative estimate of drug-likeness (QED) is 0.796. The fourth-order valence-corrected chi connectivity index (χ4v) is 2.28. The van der Waals surface area contributed by atoms with Crippen LogP contribution in [-0.4, -0.2) is 36.7 Å². The highest BCUT2D eigenvalue weighted by atomic mass is 35.5. The lowest BCUT2D eigenvalue weighted by Crippen LogP contribution is -2.48. The molecule has 1 aliphatic rings. The molecule has 0 spiro atoms. The van der Waals surface area contributed by atoms with Crippen LogP contribution < -0.4 is 5.32 Å². The van der Waals surface area contributed by atoms with Crippen molar-refractivity contribution in [2.24, 2.45) is 0 Å². The highest BCUT2D eigenvalue weighted by Crippen LogP contribution is 2.48. The number of hydrogen-bond acceptors (Lipinski definition) is 4. The maximum Gasteiger partial charge on any atom is 0.330 e. The Labute approximate surface area is 121 Å². The zero-order chi connectivity index (χ0) is 14.8. The molecule has 1 atom stereocenters. The normalized spacial score (nSPS) is 17.1.